The molecule has 0 saturated carbocycles. The first-order valence-corrected chi connectivity index (χ1v) is 16.1. The third-order valence-electron chi connectivity index (χ3n) is 10.0. The maximum Gasteiger partial charge on any atom is 0.0544 e. The largest absolute Gasteiger partial charge is 0.354 e. The predicted molar refractivity (Wildman–Crippen MR) is 195 cm³/mol. The average Bonchev–Trinajstić information content (AvgIpc) is 3.61. The summed E-state index contributed by atoms with van der Waals surface area (Å²) in [5.74, 6) is 0. The molecular weight excluding hydrogens is 555 g/mol. The third kappa shape index (κ3) is 4.09. The van der Waals surface area contributed by atoms with Crippen LogP contribution in [0.25, 0.3) is 77.4 Å². The molecule has 1 aromatic heterocycles. The Kier molecular flexibility index (Phi) is 5.92. The number of nitrogens with one attached hydrogen (secondary N) is 1. The quantitative estimate of drug-likeness (QED) is 0.211. The van der Waals surface area contributed by atoms with Crippen molar-refractivity contribution in [3.63, 3.8) is 0 Å². The number of aromatic nitrogens is 1. The fourth-order valence-electron chi connectivity index (χ4n) is 7.70. The van der Waals surface area contributed by atoms with Crippen LogP contribution in [-0.4, -0.2) is 4.98 Å². The van der Waals surface area contributed by atoms with E-state index in [2.05, 4.69) is 177 Å². The van der Waals surface area contributed by atoms with Crippen molar-refractivity contribution in [2.45, 2.75) is 19.3 Å². The summed E-state index contributed by atoms with van der Waals surface area (Å²) in [5, 5.41) is 2.50. The first-order chi connectivity index (χ1) is 22.6. The second kappa shape index (κ2) is 10.2. The van der Waals surface area contributed by atoms with E-state index in [-0.39, 0.29) is 5.41 Å². The van der Waals surface area contributed by atoms with Gasteiger partial charge in [0.05, 0.1) is 5.52 Å². The van der Waals surface area contributed by atoms with Crippen LogP contribution >= 0.6 is 0 Å². The molecule has 0 radical (unpaired) electrons. The highest BCUT2D eigenvalue weighted by Gasteiger charge is 2.36. The Morgan fingerprint density at radius 1 is 0.391 bits per heavy atom. The molecule has 1 N–H and O–H groups in total. The van der Waals surface area contributed by atoms with E-state index in [4.69, 9.17) is 0 Å². The Hall–Kier alpha value is -5.66. The molecule has 1 heterocycles. The van der Waals surface area contributed by atoms with E-state index < -0.39 is 0 Å². The minimum Gasteiger partial charge on any atom is -0.354 e. The molecule has 0 spiro atoms. The van der Waals surface area contributed by atoms with Gasteiger partial charge in [-0.3, -0.25) is 0 Å². The number of benzene rings is 7. The first kappa shape index (κ1) is 26.7. The van der Waals surface area contributed by atoms with Crippen LogP contribution in [0.4, 0.5) is 0 Å². The summed E-state index contributed by atoms with van der Waals surface area (Å²) in [6.45, 7) is 4.69. The molecule has 0 saturated heterocycles. The molecule has 8 aromatic rings. The van der Waals surface area contributed by atoms with E-state index in [9.17, 15) is 0 Å². The fraction of sp³-hybridized carbons (Fsp3) is 0.0667. The van der Waals surface area contributed by atoms with Crippen LogP contribution in [0, 0.1) is 0 Å². The summed E-state index contributed by atoms with van der Waals surface area (Å²) in [6, 6.07) is 57.8. The SMILES string of the molecule is CC1(C)c2ccccc2-c2c(-c3cccc(-c4cccc(-c5cc(-c6ccccc6)cc6c5[nH]c5ccccc56)c4)c3)cccc21. The zero-order valence-electron chi connectivity index (χ0n) is 26.0. The zero-order chi connectivity index (χ0) is 30.8. The standard InChI is InChI=1S/C45H33N/c1-45(2)40-22-8-6-20-37(40)43-35(21-12-23-41(43)45)32-17-10-15-30(25-32)31-16-11-18-33(26-31)38-27-34(29-13-4-3-5-14-29)28-39-36-19-7-9-24-42(36)46-44(38)39/h3-28,46H,1-2H3. The minimum atomic E-state index is -0.0177. The highest BCUT2D eigenvalue weighted by Crippen LogP contribution is 2.52. The lowest BCUT2D eigenvalue weighted by Crippen LogP contribution is -2.14. The van der Waals surface area contributed by atoms with Crippen LogP contribution in [0.5, 0.6) is 0 Å². The van der Waals surface area contributed by atoms with E-state index in [1.54, 1.807) is 0 Å². The molecule has 0 unspecified atom stereocenters. The second-order valence-electron chi connectivity index (χ2n) is 13.0. The van der Waals surface area contributed by atoms with Crippen LogP contribution in [0.2, 0.25) is 0 Å². The molecule has 1 aliphatic rings. The van der Waals surface area contributed by atoms with Gasteiger partial charge in [-0.25, -0.2) is 0 Å². The van der Waals surface area contributed by atoms with Crippen molar-refractivity contribution in [2.24, 2.45) is 0 Å². The molecule has 46 heavy (non-hydrogen) atoms. The predicted octanol–water partition coefficient (Wildman–Crippen LogP) is 12.3. The Labute approximate surface area is 269 Å². The van der Waals surface area contributed by atoms with E-state index in [0.29, 0.717) is 0 Å². The summed E-state index contributed by atoms with van der Waals surface area (Å²) in [5.41, 5.74) is 17.7. The fourth-order valence-corrected chi connectivity index (χ4v) is 7.70. The Balaban J connectivity index is 1.19. The number of fused-ring (bicyclic) bond motifs is 6. The van der Waals surface area contributed by atoms with Gasteiger partial charge in [-0.2, -0.15) is 0 Å². The maximum absolute atomic E-state index is 3.75. The van der Waals surface area contributed by atoms with Gasteiger partial charge in [0, 0.05) is 27.3 Å². The molecule has 0 atom stereocenters. The van der Waals surface area contributed by atoms with Gasteiger partial charge < -0.3 is 4.98 Å². The van der Waals surface area contributed by atoms with Crippen molar-refractivity contribution < 1.29 is 0 Å². The van der Waals surface area contributed by atoms with E-state index in [1.165, 1.54) is 83.1 Å². The smallest absolute Gasteiger partial charge is 0.0544 e. The van der Waals surface area contributed by atoms with Crippen LogP contribution in [0.1, 0.15) is 25.0 Å². The van der Waals surface area contributed by atoms with Gasteiger partial charge in [-0.05, 0) is 91.5 Å². The molecule has 9 rings (SSSR count). The number of H-pyrrole nitrogens is 1. The number of para-hydroxylation sites is 1. The topological polar surface area (TPSA) is 15.8 Å². The molecular formula is C45H33N. The molecule has 1 nitrogen and oxygen atoms in total. The molecule has 0 aliphatic heterocycles. The normalized spacial score (nSPS) is 13.2. The number of hydrogen-bond donors (Lipinski definition) is 1. The number of hydrogen-bond acceptors (Lipinski definition) is 0. The minimum absolute atomic E-state index is 0.0177. The lowest BCUT2D eigenvalue weighted by molar-refractivity contribution is 0.660. The average molecular weight is 588 g/mol. The summed E-state index contributed by atoms with van der Waals surface area (Å²) in [4.78, 5) is 3.75. The van der Waals surface area contributed by atoms with E-state index in [0.717, 1.165) is 5.52 Å². The van der Waals surface area contributed by atoms with E-state index >= 15 is 0 Å². The number of aromatic amines is 1. The molecule has 1 aliphatic carbocycles. The molecule has 0 fully saturated rings. The Bertz CT molecular complexity index is 2440. The second-order valence-corrected chi connectivity index (χ2v) is 13.0. The van der Waals surface area contributed by atoms with Crippen LogP contribution in [-0.2, 0) is 5.41 Å². The Morgan fingerprint density at radius 3 is 1.78 bits per heavy atom. The molecule has 7 aromatic carbocycles. The monoisotopic (exact) mass is 587 g/mol. The summed E-state index contributed by atoms with van der Waals surface area (Å²) in [7, 11) is 0. The maximum atomic E-state index is 3.75. The zero-order valence-corrected chi connectivity index (χ0v) is 26.0. The first-order valence-electron chi connectivity index (χ1n) is 16.1. The van der Waals surface area contributed by atoms with Crippen molar-refractivity contribution in [1.29, 1.82) is 0 Å². The molecule has 0 bridgehead atoms. The molecule has 218 valence electrons. The van der Waals surface area contributed by atoms with Crippen molar-refractivity contribution in [3.8, 4) is 55.6 Å². The number of rotatable bonds is 4. The molecule has 0 amide bonds. The highest BCUT2D eigenvalue weighted by molar-refractivity contribution is 6.13. The van der Waals surface area contributed by atoms with Gasteiger partial charge in [0.2, 0.25) is 0 Å². The van der Waals surface area contributed by atoms with Crippen molar-refractivity contribution in [1.82, 2.24) is 4.98 Å². The Morgan fingerprint density at radius 2 is 0.978 bits per heavy atom. The van der Waals surface area contributed by atoms with Gasteiger partial charge in [0.15, 0.2) is 0 Å². The molecule has 1 heteroatoms. The summed E-state index contributed by atoms with van der Waals surface area (Å²) < 4.78 is 0. The van der Waals surface area contributed by atoms with Crippen LogP contribution in [0.15, 0.2) is 158 Å². The third-order valence-corrected chi connectivity index (χ3v) is 10.0. The van der Waals surface area contributed by atoms with Gasteiger partial charge in [0.1, 0.15) is 0 Å². The highest BCUT2D eigenvalue weighted by atomic mass is 14.7. The van der Waals surface area contributed by atoms with Gasteiger partial charge >= 0.3 is 0 Å². The summed E-state index contributed by atoms with van der Waals surface area (Å²) >= 11 is 0. The summed E-state index contributed by atoms with van der Waals surface area (Å²) in [6.07, 6.45) is 0. The van der Waals surface area contributed by atoms with Gasteiger partial charge in [0.25, 0.3) is 0 Å². The van der Waals surface area contributed by atoms with Crippen molar-refractivity contribution in [2.75, 3.05) is 0 Å². The lowest BCUT2D eigenvalue weighted by atomic mass is 9.82. The lowest BCUT2D eigenvalue weighted by Gasteiger charge is -2.21. The van der Waals surface area contributed by atoms with Crippen molar-refractivity contribution >= 4 is 21.8 Å². The van der Waals surface area contributed by atoms with Crippen LogP contribution < -0.4 is 0 Å². The van der Waals surface area contributed by atoms with Gasteiger partial charge in [-0.1, -0.05) is 141 Å². The van der Waals surface area contributed by atoms with Gasteiger partial charge in [-0.15, -0.1) is 0 Å². The van der Waals surface area contributed by atoms with Crippen molar-refractivity contribution in [3.05, 3.63) is 169 Å². The van der Waals surface area contributed by atoms with E-state index in [1.807, 2.05) is 0 Å². The van der Waals surface area contributed by atoms with Crippen LogP contribution in [0.3, 0.4) is 0 Å².